The highest BCUT2D eigenvalue weighted by Gasteiger charge is 2.16. The van der Waals surface area contributed by atoms with E-state index < -0.39 is 0 Å². The maximum atomic E-state index is 13.2. The Hall–Kier alpha value is -4.51. The van der Waals surface area contributed by atoms with Crippen molar-refractivity contribution in [2.24, 2.45) is 0 Å². The molecule has 2 aromatic heterocycles. The molecule has 0 saturated carbocycles. The van der Waals surface area contributed by atoms with E-state index in [0.717, 1.165) is 44.0 Å². The number of carbonyl (C=O) groups excluding carboxylic acids is 1. The lowest BCUT2D eigenvalue weighted by Gasteiger charge is -2.22. The van der Waals surface area contributed by atoms with Crippen molar-refractivity contribution in [2.75, 3.05) is 38.2 Å². The fourth-order valence-electron chi connectivity index (χ4n) is 5.13. The third kappa shape index (κ3) is 8.10. The first-order valence-corrected chi connectivity index (χ1v) is 15.3. The van der Waals surface area contributed by atoms with Gasteiger partial charge in [0.2, 0.25) is 5.91 Å². The second-order valence-corrected chi connectivity index (χ2v) is 11.7. The zero-order valence-corrected chi connectivity index (χ0v) is 24.9. The SMILES string of the molecule is O=C(CN1CCOCCOc2ccc(-c3cncnc3)cc2Cc2cccc(c2)C1)Nc1ncc(Cc2ccc(F)cc2)s1. The van der Waals surface area contributed by atoms with Crippen molar-refractivity contribution in [3.05, 3.63) is 125 Å². The van der Waals surface area contributed by atoms with Crippen LogP contribution in [0.4, 0.5) is 9.52 Å². The number of thiazole rings is 1. The van der Waals surface area contributed by atoms with Crippen molar-refractivity contribution >= 4 is 22.4 Å². The van der Waals surface area contributed by atoms with Crippen LogP contribution in [0.3, 0.4) is 0 Å². The molecule has 0 saturated heterocycles. The Labute approximate surface area is 259 Å². The van der Waals surface area contributed by atoms with E-state index in [1.807, 2.05) is 12.1 Å². The standard InChI is InChI=1S/C34H32FN5O3S/c35-30-7-4-24(5-8-30)16-31-20-38-34(44-31)39-33(41)22-40-10-11-42-12-13-43-32-9-6-27(29-18-36-23-37-19-29)17-28(32)15-25-2-1-3-26(14-25)21-40/h1-9,14,17-20,23H,10-13,15-16,21-22H2,(H,38,39,41). The lowest BCUT2D eigenvalue weighted by molar-refractivity contribution is -0.117. The second-order valence-electron chi connectivity index (χ2n) is 10.6. The molecule has 5 aromatic rings. The molecule has 0 aliphatic carbocycles. The fraction of sp³-hybridized carbons (Fsp3) is 0.235. The number of halogens is 1. The monoisotopic (exact) mass is 609 g/mol. The van der Waals surface area contributed by atoms with Crippen molar-refractivity contribution in [1.29, 1.82) is 0 Å². The number of hydrogen-bond acceptors (Lipinski definition) is 8. The minimum atomic E-state index is -0.261. The summed E-state index contributed by atoms with van der Waals surface area (Å²) in [6.07, 6.45) is 8.21. The number of ether oxygens (including phenoxy) is 2. The van der Waals surface area contributed by atoms with Gasteiger partial charge in [0.1, 0.15) is 24.5 Å². The molecule has 1 N–H and O–H groups in total. The number of anilines is 1. The van der Waals surface area contributed by atoms with E-state index in [1.54, 1.807) is 30.7 Å². The number of nitrogens with one attached hydrogen (secondary N) is 1. The number of amides is 1. The first-order valence-electron chi connectivity index (χ1n) is 14.5. The Morgan fingerprint density at radius 3 is 2.64 bits per heavy atom. The number of fused-ring (bicyclic) bond motifs is 3. The summed E-state index contributed by atoms with van der Waals surface area (Å²) in [7, 11) is 0. The summed E-state index contributed by atoms with van der Waals surface area (Å²) in [5.41, 5.74) is 6.30. The van der Waals surface area contributed by atoms with Gasteiger partial charge in [0.05, 0.1) is 19.8 Å². The molecule has 3 heterocycles. The summed E-state index contributed by atoms with van der Waals surface area (Å²) in [5, 5.41) is 3.49. The van der Waals surface area contributed by atoms with E-state index in [-0.39, 0.29) is 18.3 Å². The molecule has 3 aromatic carbocycles. The summed E-state index contributed by atoms with van der Waals surface area (Å²) >= 11 is 1.42. The number of benzene rings is 3. The molecule has 0 unspecified atom stereocenters. The van der Waals surface area contributed by atoms with Crippen molar-refractivity contribution in [3.8, 4) is 16.9 Å². The number of rotatable bonds is 6. The van der Waals surface area contributed by atoms with Gasteiger partial charge < -0.3 is 14.8 Å². The van der Waals surface area contributed by atoms with Gasteiger partial charge in [0, 0.05) is 55.0 Å². The van der Waals surface area contributed by atoms with Crippen LogP contribution in [0.2, 0.25) is 0 Å². The maximum absolute atomic E-state index is 13.2. The van der Waals surface area contributed by atoms with Crippen LogP contribution in [-0.2, 0) is 28.9 Å². The van der Waals surface area contributed by atoms with Crippen molar-refractivity contribution in [2.45, 2.75) is 19.4 Å². The highest BCUT2D eigenvalue weighted by atomic mass is 32.1. The van der Waals surface area contributed by atoms with Gasteiger partial charge in [-0.2, -0.15) is 0 Å². The molecule has 1 aliphatic rings. The number of aromatic nitrogens is 3. The van der Waals surface area contributed by atoms with E-state index in [9.17, 15) is 9.18 Å². The van der Waals surface area contributed by atoms with Gasteiger partial charge in [0.15, 0.2) is 5.13 Å². The van der Waals surface area contributed by atoms with Crippen LogP contribution in [0, 0.1) is 5.82 Å². The highest BCUT2D eigenvalue weighted by Crippen LogP contribution is 2.29. The lowest BCUT2D eigenvalue weighted by atomic mass is 9.98. The number of carbonyl (C=O) groups is 1. The summed E-state index contributed by atoms with van der Waals surface area (Å²) in [5.74, 6) is 0.431. The molecule has 1 amide bonds. The minimum Gasteiger partial charge on any atom is -0.491 e. The third-order valence-electron chi connectivity index (χ3n) is 7.24. The van der Waals surface area contributed by atoms with Crippen LogP contribution >= 0.6 is 11.3 Å². The van der Waals surface area contributed by atoms with E-state index in [2.05, 4.69) is 55.5 Å². The molecule has 0 radical (unpaired) electrons. The molecule has 224 valence electrons. The zero-order valence-electron chi connectivity index (χ0n) is 24.1. The molecule has 8 nitrogen and oxygen atoms in total. The molecule has 10 heteroatoms. The van der Waals surface area contributed by atoms with Gasteiger partial charge in [-0.1, -0.05) is 42.5 Å². The van der Waals surface area contributed by atoms with Crippen molar-refractivity contribution in [3.63, 3.8) is 0 Å². The first-order chi connectivity index (χ1) is 21.6. The van der Waals surface area contributed by atoms with E-state index in [0.29, 0.717) is 50.9 Å². The van der Waals surface area contributed by atoms with Crippen LogP contribution in [0.25, 0.3) is 11.1 Å². The van der Waals surface area contributed by atoms with Crippen molar-refractivity contribution < 1.29 is 18.7 Å². The molecule has 44 heavy (non-hydrogen) atoms. The topological polar surface area (TPSA) is 89.5 Å². The minimum absolute atomic E-state index is 0.139. The van der Waals surface area contributed by atoms with Gasteiger partial charge >= 0.3 is 0 Å². The van der Waals surface area contributed by atoms with Gasteiger partial charge in [0.25, 0.3) is 0 Å². The molecule has 6 rings (SSSR count). The van der Waals surface area contributed by atoms with Crippen molar-refractivity contribution in [1.82, 2.24) is 19.9 Å². The Balaban J connectivity index is 1.13. The summed E-state index contributed by atoms with van der Waals surface area (Å²) in [6.45, 7) is 2.71. The maximum Gasteiger partial charge on any atom is 0.240 e. The summed E-state index contributed by atoms with van der Waals surface area (Å²) < 4.78 is 25.3. The van der Waals surface area contributed by atoms with Crippen LogP contribution < -0.4 is 10.1 Å². The van der Waals surface area contributed by atoms with Crippen LogP contribution in [0.1, 0.15) is 27.1 Å². The molecular formula is C34H32FN5O3S. The Morgan fingerprint density at radius 2 is 1.77 bits per heavy atom. The van der Waals surface area contributed by atoms with Crippen LogP contribution in [0.15, 0.2) is 91.6 Å². The van der Waals surface area contributed by atoms with Gasteiger partial charge in [-0.3, -0.25) is 9.69 Å². The predicted molar refractivity (Wildman–Crippen MR) is 168 cm³/mol. The zero-order chi connectivity index (χ0) is 30.1. The first kappa shape index (κ1) is 29.6. The third-order valence-corrected chi connectivity index (χ3v) is 8.16. The Kier molecular flexibility index (Phi) is 9.61. The molecule has 0 spiro atoms. The fourth-order valence-corrected chi connectivity index (χ4v) is 6.00. The van der Waals surface area contributed by atoms with E-state index in [4.69, 9.17) is 9.47 Å². The second kappa shape index (κ2) is 14.3. The molecule has 0 atom stereocenters. The Morgan fingerprint density at radius 1 is 0.932 bits per heavy atom. The Bertz CT molecular complexity index is 1700. The average molecular weight is 610 g/mol. The van der Waals surface area contributed by atoms with E-state index in [1.165, 1.54) is 29.8 Å². The molecule has 1 aliphatic heterocycles. The van der Waals surface area contributed by atoms with Crippen LogP contribution in [-0.4, -0.2) is 58.7 Å². The van der Waals surface area contributed by atoms with Gasteiger partial charge in [-0.25, -0.2) is 19.3 Å². The lowest BCUT2D eigenvalue weighted by Crippen LogP contribution is -2.35. The smallest absolute Gasteiger partial charge is 0.240 e. The largest absolute Gasteiger partial charge is 0.491 e. The normalized spacial score (nSPS) is 14.2. The molecule has 2 bridgehead atoms. The predicted octanol–water partition coefficient (Wildman–Crippen LogP) is 5.77. The highest BCUT2D eigenvalue weighted by molar-refractivity contribution is 7.15. The van der Waals surface area contributed by atoms with Gasteiger partial charge in [-0.15, -0.1) is 11.3 Å². The quantitative estimate of drug-likeness (QED) is 0.262. The summed E-state index contributed by atoms with van der Waals surface area (Å²) in [6, 6.07) is 21.0. The number of nitrogens with zero attached hydrogens (tertiary/aromatic N) is 4. The summed E-state index contributed by atoms with van der Waals surface area (Å²) in [4.78, 5) is 28.8. The molecule has 0 fully saturated rings. The molecular weight excluding hydrogens is 577 g/mol. The van der Waals surface area contributed by atoms with Gasteiger partial charge in [-0.05, 0) is 52.1 Å². The van der Waals surface area contributed by atoms with Crippen LogP contribution in [0.5, 0.6) is 5.75 Å². The van der Waals surface area contributed by atoms with E-state index >= 15 is 0 Å². The average Bonchev–Trinajstić information content (AvgIpc) is 3.47. The number of hydrogen-bond donors (Lipinski definition) is 1.